The van der Waals surface area contributed by atoms with Crippen molar-refractivity contribution >= 4 is 22.2 Å². The van der Waals surface area contributed by atoms with Gasteiger partial charge in [0.25, 0.3) is 0 Å². The second-order valence-corrected chi connectivity index (χ2v) is 5.11. The number of halogens is 1. The number of methoxy groups -OCH3 is 1. The van der Waals surface area contributed by atoms with Crippen LogP contribution in [0.3, 0.4) is 0 Å². The van der Waals surface area contributed by atoms with Crippen LogP contribution < -0.4 is 9.47 Å². The molecule has 4 heteroatoms. The molecule has 1 aromatic rings. The van der Waals surface area contributed by atoms with E-state index in [1.54, 1.807) is 19.2 Å². The van der Waals surface area contributed by atoms with Crippen molar-refractivity contribution in [3.05, 3.63) is 22.2 Å². The molecule has 2 rings (SSSR count). The standard InChI is InChI=1S/C13H15BrO3/c1-16-12-6-10(7-15)5-11(14)13(12)17-8-9-3-2-4-9/h5-7,9H,2-4,8H2,1H3. The average Bonchev–Trinajstić information content (AvgIpc) is 2.28. The van der Waals surface area contributed by atoms with Crippen LogP contribution in [0.5, 0.6) is 11.5 Å². The molecule has 0 N–H and O–H groups in total. The fourth-order valence-electron chi connectivity index (χ4n) is 1.81. The SMILES string of the molecule is COc1cc(C=O)cc(Br)c1OCC1CCC1. The molecule has 3 nitrogen and oxygen atoms in total. The zero-order chi connectivity index (χ0) is 12.3. The van der Waals surface area contributed by atoms with Crippen LogP contribution in [0.2, 0.25) is 0 Å². The van der Waals surface area contributed by atoms with Crippen LogP contribution in [-0.4, -0.2) is 20.0 Å². The summed E-state index contributed by atoms with van der Waals surface area (Å²) in [6, 6.07) is 3.43. The number of carbonyl (C=O) groups is 1. The molecule has 1 fully saturated rings. The maximum Gasteiger partial charge on any atom is 0.175 e. The van der Waals surface area contributed by atoms with Gasteiger partial charge in [0.05, 0.1) is 18.2 Å². The Bertz CT molecular complexity index is 413. The largest absolute Gasteiger partial charge is 0.493 e. The number of rotatable bonds is 5. The molecule has 0 radical (unpaired) electrons. The van der Waals surface area contributed by atoms with E-state index >= 15 is 0 Å². The minimum atomic E-state index is 0.574. The number of hydrogen-bond donors (Lipinski definition) is 0. The Kier molecular flexibility index (Phi) is 4.05. The summed E-state index contributed by atoms with van der Waals surface area (Å²) in [7, 11) is 1.58. The van der Waals surface area contributed by atoms with E-state index in [-0.39, 0.29) is 0 Å². The first-order valence-corrected chi connectivity index (χ1v) is 6.49. The van der Waals surface area contributed by atoms with Gasteiger partial charge < -0.3 is 9.47 Å². The normalized spacial score (nSPS) is 15.2. The Morgan fingerprint density at radius 3 is 2.76 bits per heavy atom. The van der Waals surface area contributed by atoms with Gasteiger partial charge in [0.2, 0.25) is 0 Å². The second kappa shape index (κ2) is 5.54. The molecule has 1 aliphatic rings. The van der Waals surface area contributed by atoms with Crippen molar-refractivity contribution in [2.75, 3.05) is 13.7 Å². The Morgan fingerprint density at radius 2 is 2.24 bits per heavy atom. The lowest BCUT2D eigenvalue weighted by molar-refractivity contribution is 0.112. The number of carbonyl (C=O) groups excluding carboxylic acids is 1. The molecule has 92 valence electrons. The van der Waals surface area contributed by atoms with Gasteiger partial charge in [-0.05, 0) is 46.8 Å². The first kappa shape index (κ1) is 12.4. The number of ether oxygens (including phenoxy) is 2. The highest BCUT2D eigenvalue weighted by atomic mass is 79.9. The Hall–Kier alpha value is -1.03. The predicted molar refractivity (Wildman–Crippen MR) is 68.9 cm³/mol. The van der Waals surface area contributed by atoms with Gasteiger partial charge in [-0.1, -0.05) is 6.42 Å². The van der Waals surface area contributed by atoms with Gasteiger partial charge in [-0.25, -0.2) is 0 Å². The van der Waals surface area contributed by atoms with Crippen LogP contribution in [-0.2, 0) is 0 Å². The van der Waals surface area contributed by atoms with Crippen LogP contribution in [0.25, 0.3) is 0 Å². The van der Waals surface area contributed by atoms with E-state index < -0.39 is 0 Å². The number of hydrogen-bond acceptors (Lipinski definition) is 3. The molecule has 1 aromatic carbocycles. The topological polar surface area (TPSA) is 35.5 Å². The lowest BCUT2D eigenvalue weighted by atomic mass is 9.86. The van der Waals surface area contributed by atoms with Gasteiger partial charge in [0, 0.05) is 5.56 Å². The molecule has 1 aliphatic carbocycles. The lowest BCUT2D eigenvalue weighted by Gasteiger charge is -2.25. The monoisotopic (exact) mass is 298 g/mol. The van der Waals surface area contributed by atoms with Gasteiger partial charge >= 0.3 is 0 Å². The quantitative estimate of drug-likeness (QED) is 0.781. The summed E-state index contributed by atoms with van der Waals surface area (Å²) in [6.45, 7) is 0.718. The van der Waals surface area contributed by atoms with Gasteiger partial charge in [0.1, 0.15) is 6.29 Å². The van der Waals surface area contributed by atoms with E-state index in [1.165, 1.54) is 19.3 Å². The molecule has 0 unspecified atom stereocenters. The first-order valence-electron chi connectivity index (χ1n) is 5.70. The van der Waals surface area contributed by atoms with Crippen LogP contribution in [0.15, 0.2) is 16.6 Å². The van der Waals surface area contributed by atoms with E-state index in [9.17, 15) is 4.79 Å². The molecule has 0 aromatic heterocycles. The third-order valence-electron chi connectivity index (χ3n) is 3.08. The van der Waals surface area contributed by atoms with Gasteiger partial charge in [-0.2, -0.15) is 0 Å². The van der Waals surface area contributed by atoms with Gasteiger partial charge in [-0.3, -0.25) is 4.79 Å². The van der Waals surface area contributed by atoms with Crippen LogP contribution in [0.1, 0.15) is 29.6 Å². The Labute approximate surface area is 109 Å². The van der Waals surface area contributed by atoms with E-state index in [2.05, 4.69) is 15.9 Å². The van der Waals surface area contributed by atoms with Crippen molar-refractivity contribution in [1.29, 1.82) is 0 Å². The molecule has 0 bridgehead atoms. The molecule has 0 spiro atoms. The summed E-state index contributed by atoms with van der Waals surface area (Å²) in [5.74, 6) is 1.95. The Balaban J connectivity index is 2.15. The highest BCUT2D eigenvalue weighted by Gasteiger charge is 2.20. The van der Waals surface area contributed by atoms with E-state index in [4.69, 9.17) is 9.47 Å². The second-order valence-electron chi connectivity index (χ2n) is 4.26. The maximum absolute atomic E-state index is 10.7. The van der Waals surface area contributed by atoms with Crippen molar-refractivity contribution in [2.24, 2.45) is 5.92 Å². The molecule has 17 heavy (non-hydrogen) atoms. The molecule has 0 amide bonds. The zero-order valence-electron chi connectivity index (χ0n) is 9.74. The van der Waals surface area contributed by atoms with Crippen molar-refractivity contribution < 1.29 is 14.3 Å². The van der Waals surface area contributed by atoms with E-state index in [0.29, 0.717) is 23.0 Å². The van der Waals surface area contributed by atoms with E-state index in [0.717, 1.165) is 17.4 Å². The van der Waals surface area contributed by atoms with E-state index in [1.807, 2.05) is 0 Å². The smallest absolute Gasteiger partial charge is 0.175 e. The predicted octanol–water partition coefficient (Wildman–Crippen LogP) is 3.45. The molecular formula is C13H15BrO3. The molecular weight excluding hydrogens is 284 g/mol. The van der Waals surface area contributed by atoms with Crippen LogP contribution in [0, 0.1) is 5.92 Å². The third-order valence-corrected chi connectivity index (χ3v) is 3.67. The third kappa shape index (κ3) is 2.80. The lowest BCUT2D eigenvalue weighted by Crippen LogP contribution is -2.19. The van der Waals surface area contributed by atoms with Gasteiger partial charge in [0.15, 0.2) is 11.5 Å². The summed E-state index contributed by atoms with van der Waals surface area (Å²) in [5, 5.41) is 0. The minimum absolute atomic E-state index is 0.574. The number of benzene rings is 1. The minimum Gasteiger partial charge on any atom is -0.493 e. The van der Waals surface area contributed by atoms with Crippen molar-refractivity contribution in [1.82, 2.24) is 0 Å². The average molecular weight is 299 g/mol. The summed E-state index contributed by atoms with van der Waals surface area (Å²) in [4.78, 5) is 10.7. The van der Waals surface area contributed by atoms with Crippen LogP contribution in [0.4, 0.5) is 0 Å². The summed E-state index contributed by atoms with van der Waals surface area (Å²) in [5.41, 5.74) is 0.574. The maximum atomic E-state index is 10.7. The fraction of sp³-hybridized carbons (Fsp3) is 0.462. The van der Waals surface area contributed by atoms with Gasteiger partial charge in [-0.15, -0.1) is 0 Å². The highest BCUT2D eigenvalue weighted by Crippen LogP contribution is 2.37. The molecule has 0 atom stereocenters. The summed E-state index contributed by atoms with van der Waals surface area (Å²) in [6.07, 6.45) is 4.58. The molecule has 0 heterocycles. The molecule has 1 saturated carbocycles. The Morgan fingerprint density at radius 1 is 1.47 bits per heavy atom. The summed E-state index contributed by atoms with van der Waals surface area (Å²) < 4.78 is 11.8. The first-order chi connectivity index (χ1) is 8.24. The van der Waals surface area contributed by atoms with Crippen molar-refractivity contribution in [2.45, 2.75) is 19.3 Å². The molecule has 0 aliphatic heterocycles. The van der Waals surface area contributed by atoms with Crippen LogP contribution >= 0.6 is 15.9 Å². The highest BCUT2D eigenvalue weighted by molar-refractivity contribution is 9.10. The van der Waals surface area contributed by atoms with Crippen molar-refractivity contribution in [3.8, 4) is 11.5 Å². The number of aldehydes is 1. The summed E-state index contributed by atoms with van der Waals surface area (Å²) >= 11 is 3.41. The molecule has 0 saturated heterocycles. The zero-order valence-corrected chi connectivity index (χ0v) is 11.3. The fourth-order valence-corrected chi connectivity index (χ4v) is 2.38. The van der Waals surface area contributed by atoms with Crippen molar-refractivity contribution in [3.63, 3.8) is 0 Å².